The van der Waals surface area contributed by atoms with Gasteiger partial charge in [-0.05, 0) is 52.0 Å². The van der Waals surface area contributed by atoms with Crippen molar-refractivity contribution in [1.29, 1.82) is 5.26 Å². The first-order valence-corrected chi connectivity index (χ1v) is 15.0. The number of nitrogens with two attached hydrogens (primary N) is 1. The van der Waals surface area contributed by atoms with E-state index in [0.717, 1.165) is 37.0 Å². The van der Waals surface area contributed by atoms with Gasteiger partial charge in [-0.3, -0.25) is 9.59 Å². The first kappa shape index (κ1) is 31.0. The third-order valence-electron chi connectivity index (χ3n) is 8.31. The fourth-order valence-corrected chi connectivity index (χ4v) is 6.01. The monoisotopic (exact) mass is 600 g/mol. The van der Waals surface area contributed by atoms with Crippen LogP contribution in [0.4, 0.5) is 5.69 Å². The third-order valence-corrected chi connectivity index (χ3v) is 8.31. The Morgan fingerprint density at radius 3 is 2.48 bits per heavy atom. The summed E-state index contributed by atoms with van der Waals surface area (Å²) < 4.78 is 12.8. The Hall–Kier alpha value is -4.43. The lowest BCUT2D eigenvalue weighted by Gasteiger charge is -2.37. The van der Waals surface area contributed by atoms with Crippen LogP contribution in [0.15, 0.2) is 46.3 Å². The van der Waals surface area contributed by atoms with E-state index >= 15 is 0 Å². The predicted octanol–water partition coefficient (Wildman–Crippen LogP) is 4.29. The number of rotatable bonds is 8. The summed E-state index contributed by atoms with van der Waals surface area (Å²) in [6.07, 6.45) is 3.67. The number of anilines is 1. The number of hydrogen-bond acceptors (Lipinski definition) is 9. The number of pyridine rings is 2. The molecule has 2 fully saturated rings. The molecule has 2 aromatic heterocycles. The van der Waals surface area contributed by atoms with E-state index in [1.807, 2.05) is 63.1 Å². The number of carbonyl (C=O) groups is 1. The van der Waals surface area contributed by atoms with E-state index in [1.54, 1.807) is 13.1 Å². The van der Waals surface area contributed by atoms with Crippen LogP contribution in [0.5, 0.6) is 5.75 Å². The third kappa shape index (κ3) is 6.40. The minimum absolute atomic E-state index is 0.0147. The molecule has 1 unspecified atom stereocenters. The van der Waals surface area contributed by atoms with E-state index in [2.05, 4.69) is 16.2 Å². The number of aromatic nitrogens is 2. The number of benzene rings is 1. The lowest BCUT2D eigenvalue weighted by atomic mass is 9.80. The first-order valence-electron chi connectivity index (χ1n) is 15.0. The van der Waals surface area contributed by atoms with Crippen LogP contribution in [0.1, 0.15) is 74.5 Å². The molecule has 2 N–H and O–H groups in total. The van der Waals surface area contributed by atoms with Crippen LogP contribution in [-0.4, -0.2) is 59.2 Å². The van der Waals surface area contributed by atoms with E-state index in [4.69, 9.17) is 20.0 Å². The number of nitrogens with zero attached hydrogens (tertiary/aromatic N) is 5. The van der Waals surface area contributed by atoms with Gasteiger partial charge in [-0.2, -0.15) is 5.26 Å². The van der Waals surface area contributed by atoms with Gasteiger partial charge in [0.05, 0.1) is 30.1 Å². The van der Waals surface area contributed by atoms with Crippen molar-refractivity contribution in [3.63, 3.8) is 0 Å². The van der Waals surface area contributed by atoms with Crippen LogP contribution in [0.3, 0.4) is 0 Å². The Balaban J connectivity index is 1.49. The number of amides is 1. The molecule has 2 aliphatic rings. The largest absolute Gasteiger partial charge is 0.485 e. The molecular weight excluding hydrogens is 560 g/mol. The maximum absolute atomic E-state index is 13.5. The number of nitriles is 1. The highest BCUT2D eigenvalue weighted by Crippen LogP contribution is 2.37. The van der Waals surface area contributed by atoms with Crippen molar-refractivity contribution in [2.75, 3.05) is 25.2 Å². The summed E-state index contributed by atoms with van der Waals surface area (Å²) >= 11 is 0. The molecule has 0 spiro atoms. The lowest BCUT2D eigenvalue weighted by Crippen LogP contribution is -2.40. The number of fused-ring (bicyclic) bond motifs is 1. The fourth-order valence-electron chi connectivity index (χ4n) is 6.01. The average molecular weight is 601 g/mol. The standard InChI is InChI=1S/C33H40N6O5/c1-33(2,3)44-37-28(20-9-7-6-8-10-20)21-11-13-22(14-12-21)38(4)30-27(31(35)40)32(41)39(5)25-17-26(24(18-34)36-29(25)30)43-23-15-16-42-19-23/h6-10,17,21-23H,11-16,19H2,1-5H3,(H2,35,40)/b37-28+. The molecule has 1 aromatic carbocycles. The van der Waals surface area contributed by atoms with Gasteiger partial charge in [0.1, 0.15) is 28.9 Å². The van der Waals surface area contributed by atoms with Crippen molar-refractivity contribution in [2.24, 2.45) is 23.9 Å². The van der Waals surface area contributed by atoms with Gasteiger partial charge in [0.25, 0.3) is 11.5 Å². The van der Waals surface area contributed by atoms with Gasteiger partial charge in [-0.25, -0.2) is 4.98 Å². The molecule has 0 bridgehead atoms. The Kier molecular flexibility index (Phi) is 8.92. The van der Waals surface area contributed by atoms with Crippen molar-refractivity contribution >= 4 is 28.3 Å². The maximum atomic E-state index is 13.5. The second kappa shape index (κ2) is 12.7. The zero-order chi connectivity index (χ0) is 31.6. The SMILES string of the molecule is CN(c1c(C(N)=O)c(=O)n(C)c2cc(OC3CCOC3)c(C#N)nc12)C1CCC(/C(=N/OC(C)(C)C)c2ccccc2)CC1. The molecule has 1 aliphatic carbocycles. The molecule has 1 aliphatic heterocycles. The van der Waals surface area contributed by atoms with Crippen LogP contribution in [-0.2, 0) is 16.6 Å². The summed E-state index contributed by atoms with van der Waals surface area (Å²) in [7, 11) is 3.42. The quantitative estimate of drug-likeness (QED) is 0.298. The Labute approximate surface area is 257 Å². The molecule has 11 heteroatoms. The number of hydrogen-bond donors (Lipinski definition) is 1. The van der Waals surface area contributed by atoms with Crippen LogP contribution in [0.25, 0.3) is 11.0 Å². The highest BCUT2D eigenvalue weighted by Gasteiger charge is 2.33. The van der Waals surface area contributed by atoms with Crippen LogP contribution in [0, 0.1) is 17.2 Å². The second-order valence-electron chi connectivity index (χ2n) is 12.5. The zero-order valence-electron chi connectivity index (χ0n) is 26.0. The second-order valence-corrected chi connectivity index (χ2v) is 12.5. The van der Waals surface area contributed by atoms with Gasteiger partial charge < -0.3 is 29.5 Å². The van der Waals surface area contributed by atoms with Crippen molar-refractivity contribution in [1.82, 2.24) is 9.55 Å². The summed E-state index contributed by atoms with van der Waals surface area (Å²) in [4.78, 5) is 38.8. The van der Waals surface area contributed by atoms with Gasteiger partial charge in [0, 0.05) is 38.5 Å². The molecule has 1 atom stereocenters. The molecule has 1 saturated carbocycles. The topological polar surface area (TPSA) is 145 Å². The first-order chi connectivity index (χ1) is 21.0. The summed E-state index contributed by atoms with van der Waals surface area (Å²) in [5.74, 6) is -0.399. The normalized spacial score (nSPS) is 20.7. The highest BCUT2D eigenvalue weighted by molar-refractivity contribution is 6.06. The van der Waals surface area contributed by atoms with Gasteiger partial charge in [0.15, 0.2) is 11.4 Å². The number of aryl methyl sites for hydroxylation is 1. The van der Waals surface area contributed by atoms with Gasteiger partial charge in [-0.15, -0.1) is 0 Å². The smallest absolute Gasteiger partial charge is 0.265 e. The summed E-state index contributed by atoms with van der Waals surface area (Å²) in [5, 5.41) is 14.6. The highest BCUT2D eigenvalue weighted by atomic mass is 16.6. The van der Waals surface area contributed by atoms with Crippen molar-refractivity contribution in [3.8, 4) is 11.8 Å². The van der Waals surface area contributed by atoms with E-state index in [-0.39, 0.29) is 35.1 Å². The van der Waals surface area contributed by atoms with Crippen molar-refractivity contribution < 1.29 is 19.1 Å². The molecule has 0 radical (unpaired) electrons. The lowest BCUT2D eigenvalue weighted by molar-refractivity contribution is -0.0000325. The van der Waals surface area contributed by atoms with Gasteiger partial charge >= 0.3 is 0 Å². The molecule has 11 nitrogen and oxygen atoms in total. The van der Waals surface area contributed by atoms with E-state index in [1.165, 1.54) is 4.57 Å². The van der Waals surface area contributed by atoms with E-state index in [0.29, 0.717) is 36.4 Å². The molecule has 1 amide bonds. The molecule has 232 valence electrons. The maximum Gasteiger partial charge on any atom is 0.265 e. The van der Waals surface area contributed by atoms with Crippen LogP contribution in [0.2, 0.25) is 0 Å². The number of ether oxygens (including phenoxy) is 2. The number of carbonyl (C=O) groups excluding carboxylic acids is 1. The molecule has 5 rings (SSSR count). The number of oxime groups is 1. The minimum atomic E-state index is -0.843. The molecule has 3 heterocycles. The Bertz CT molecular complexity index is 1660. The predicted molar refractivity (Wildman–Crippen MR) is 168 cm³/mol. The zero-order valence-corrected chi connectivity index (χ0v) is 26.0. The minimum Gasteiger partial charge on any atom is -0.485 e. The summed E-state index contributed by atoms with van der Waals surface area (Å²) in [6.45, 7) is 6.91. The number of primary amides is 1. The summed E-state index contributed by atoms with van der Waals surface area (Å²) in [5.41, 5.74) is 7.85. The van der Waals surface area contributed by atoms with Gasteiger partial charge in [-0.1, -0.05) is 35.5 Å². The molecule has 3 aromatic rings. The van der Waals surface area contributed by atoms with E-state index < -0.39 is 17.1 Å². The van der Waals surface area contributed by atoms with Crippen molar-refractivity contribution in [3.05, 3.63) is 63.6 Å². The van der Waals surface area contributed by atoms with E-state index in [9.17, 15) is 14.9 Å². The Morgan fingerprint density at radius 1 is 1.18 bits per heavy atom. The Morgan fingerprint density at radius 2 is 1.89 bits per heavy atom. The average Bonchev–Trinajstić information content (AvgIpc) is 3.52. The molecular formula is C33H40N6O5. The molecule has 1 saturated heterocycles. The molecule has 44 heavy (non-hydrogen) atoms. The summed E-state index contributed by atoms with van der Waals surface area (Å²) in [6, 6.07) is 13.8. The van der Waals surface area contributed by atoms with Gasteiger partial charge in [0.2, 0.25) is 0 Å². The van der Waals surface area contributed by atoms with Crippen molar-refractivity contribution in [2.45, 2.75) is 70.6 Å². The van der Waals surface area contributed by atoms with Crippen LogP contribution >= 0.6 is 0 Å². The van der Waals surface area contributed by atoms with Crippen LogP contribution < -0.4 is 20.9 Å². The fraction of sp³-hybridized carbons (Fsp3) is 0.485.